The van der Waals surface area contributed by atoms with E-state index < -0.39 is 8.83 Å². The second-order valence-corrected chi connectivity index (χ2v) is 4.56. The molecule has 0 aliphatic rings. The van der Waals surface area contributed by atoms with Crippen LogP contribution in [0.25, 0.3) is 0 Å². The Hall–Kier alpha value is -0.733. The van der Waals surface area contributed by atoms with Crippen LogP contribution in [0.3, 0.4) is 0 Å². The third-order valence-electron chi connectivity index (χ3n) is 1.67. The summed E-state index contributed by atoms with van der Waals surface area (Å²) >= 11 is 5.67. The third kappa shape index (κ3) is 3.25. The van der Waals surface area contributed by atoms with Crippen molar-refractivity contribution in [3.05, 3.63) is 42.5 Å². The zero-order chi connectivity index (χ0) is 9.52. The summed E-state index contributed by atoms with van der Waals surface area (Å²) in [6.45, 7) is 3.70. The van der Waals surface area contributed by atoms with E-state index in [1.54, 1.807) is 0 Å². The van der Waals surface area contributed by atoms with Crippen molar-refractivity contribution in [1.82, 2.24) is 0 Å². The Morgan fingerprint density at radius 3 is 2.92 bits per heavy atom. The van der Waals surface area contributed by atoms with Crippen LogP contribution in [0, 0.1) is 0 Å². The highest BCUT2D eigenvalue weighted by Crippen LogP contribution is 2.18. The molecule has 1 rings (SSSR count). The number of benzene rings is 1. The molecule has 0 atom stereocenters. The van der Waals surface area contributed by atoms with Gasteiger partial charge in [-0.05, 0) is 18.1 Å². The number of hydrogen-bond acceptors (Lipinski definition) is 1. The maximum Gasteiger partial charge on any atom is 0.167 e. The van der Waals surface area contributed by atoms with Crippen LogP contribution in [-0.4, -0.2) is 15.1 Å². The highest BCUT2D eigenvalue weighted by molar-refractivity contribution is 6.93. The van der Waals surface area contributed by atoms with E-state index in [2.05, 4.69) is 6.58 Å². The van der Waals surface area contributed by atoms with Crippen LogP contribution in [0.1, 0.15) is 5.56 Å². The van der Waals surface area contributed by atoms with Crippen LogP contribution >= 0.6 is 11.1 Å². The molecule has 0 N–H and O–H groups in total. The fourth-order valence-electron chi connectivity index (χ4n) is 1.12. The van der Waals surface area contributed by atoms with E-state index in [1.807, 2.05) is 30.3 Å². The lowest BCUT2D eigenvalue weighted by molar-refractivity contribution is 0.383. The van der Waals surface area contributed by atoms with Gasteiger partial charge in [-0.3, -0.25) is 0 Å². The first-order chi connectivity index (χ1) is 6.38. The summed E-state index contributed by atoms with van der Waals surface area (Å²) < 4.78 is 5.52. The van der Waals surface area contributed by atoms with Gasteiger partial charge in [0, 0.05) is 0 Å². The van der Waals surface area contributed by atoms with Crippen molar-refractivity contribution in [2.24, 2.45) is 0 Å². The number of ether oxygens (including phenoxy) is 1. The molecule has 0 aromatic heterocycles. The fraction of sp³-hybridized carbons (Fsp3) is 0.200. The van der Waals surface area contributed by atoms with E-state index in [0.29, 0.717) is 6.23 Å². The average molecular weight is 213 g/mol. The van der Waals surface area contributed by atoms with E-state index >= 15 is 0 Å². The first-order valence-corrected chi connectivity index (χ1v) is 7.40. The highest BCUT2D eigenvalue weighted by Gasteiger charge is 1.99. The van der Waals surface area contributed by atoms with Gasteiger partial charge in [0.2, 0.25) is 0 Å². The quantitative estimate of drug-likeness (QED) is 0.413. The molecule has 0 saturated carbocycles. The molecule has 0 unspecified atom stereocenters. The van der Waals surface area contributed by atoms with Crippen molar-refractivity contribution in [3.63, 3.8) is 0 Å². The molecule has 0 bridgehead atoms. The third-order valence-corrected chi connectivity index (χ3v) is 2.49. The first-order valence-electron chi connectivity index (χ1n) is 4.26. The van der Waals surface area contributed by atoms with E-state index in [0.717, 1.165) is 12.2 Å². The molecular weight excluding hydrogens is 200 g/mol. The lowest BCUT2D eigenvalue weighted by Gasteiger charge is -2.08. The smallest absolute Gasteiger partial charge is 0.167 e. The summed E-state index contributed by atoms with van der Waals surface area (Å²) in [7, 11) is -0.536. The first kappa shape index (κ1) is 10.3. The molecule has 1 aromatic rings. The molecule has 0 saturated heterocycles. The molecule has 1 nitrogen and oxygen atoms in total. The summed E-state index contributed by atoms with van der Waals surface area (Å²) in [6.07, 6.45) is 3.41. The Kier molecular flexibility index (Phi) is 4.64. The minimum absolute atomic E-state index is 0.536. The molecule has 0 spiro atoms. The number of halogens is 1. The molecule has 13 heavy (non-hydrogen) atoms. The minimum atomic E-state index is -0.536. The molecule has 3 heteroatoms. The zero-order valence-corrected chi connectivity index (χ0v) is 9.67. The normalized spacial score (nSPS) is 10.5. The lowest BCUT2D eigenvalue weighted by atomic mass is 10.1. The Balaban J connectivity index is 2.71. The monoisotopic (exact) mass is 212 g/mol. The van der Waals surface area contributed by atoms with Gasteiger partial charge in [0.15, 0.2) is 8.83 Å². The molecule has 1 aromatic carbocycles. The summed E-state index contributed by atoms with van der Waals surface area (Å²) in [5.74, 6) is 0.940. The second kappa shape index (κ2) is 5.83. The predicted molar refractivity (Wildman–Crippen MR) is 60.2 cm³/mol. The Morgan fingerprint density at radius 2 is 2.23 bits per heavy atom. The van der Waals surface area contributed by atoms with Crippen molar-refractivity contribution in [3.8, 4) is 5.75 Å². The van der Waals surface area contributed by atoms with E-state index in [9.17, 15) is 0 Å². The minimum Gasteiger partial charge on any atom is -0.496 e. The van der Waals surface area contributed by atoms with Crippen LogP contribution in [-0.2, 0) is 6.42 Å². The topological polar surface area (TPSA) is 9.23 Å². The molecule has 0 aliphatic carbocycles. The Morgan fingerprint density at radius 1 is 1.46 bits per heavy atom. The van der Waals surface area contributed by atoms with Crippen LogP contribution in [0.4, 0.5) is 0 Å². The lowest BCUT2D eigenvalue weighted by Crippen LogP contribution is -2.02. The van der Waals surface area contributed by atoms with Crippen LogP contribution in [0.15, 0.2) is 36.9 Å². The van der Waals surface area contributed by atoms with Crippen molar-refractivity contribution < 1.29 is 4.74 Å². The second-order valence-electron chi connectivity index (χ2n) is 2.64. The van der Waals surface area contributed by atoms with Crippen molar-refractivity contribution in [2.45, 2.75) is 6.42 Å². The molecular formula is C10H13ClOSi. The standard InChI is InChI=1S/C10H13ClOSi/c1-2-5-9-6-3-4-7-10(9)12-8-13-11/h2-4,6-7H,1,5,8,13H2. The Labute approximate surface area is 85.9 Å². The van der Waals surface area contributed by atoms with Gasteiger partial charge in [-0.15, -0.1) is 6.58 Å². The van der Waals surface area contributed by atoms with Crippen molar-refractivity contribution in [2.75, 3.05) is 6.23 Å². The fourth-order valence-corrected chi connectivity index (χ4v) is 1.65. The van der Waals surface area contributed by atoms with Crippen molar-refractivity contribution >= 4 is 19.9 Å². The summed E-state index contributed by atoms with van der Waals surface area (Å²) in [6, 6.07) is 7.99. The van der Waals surface area contributed by atoms with Gasteiger partial charge in [-0.2, -0.15) is 11.1 Å². The summed E-state index contributed by atoms with van der Waals surface area (Å²) in [4.78, 5) is 0. The maximum absolute atomic E-state index is 5.67. The SMILES string of the molecule is C=CCc1ccccc1OC[SiH2]Cl. The number of hydrogen-bond donors (Lipinski definition) is 0. The van der Waals surface area contributed by atoms with E-state index in [-0.39, 0.29) is 0 Å². The summed E-state index contributed by atoms with van der Waals surface area (Å²) in [5.41, 5.74) is 1.18. The molecule has 0 fully saturated rings. The van der Waals surface area contributed by atoms with Crippen LogP contribution < -0.4 is 4.74 Å². The van der Waals surface area contributed by atoms with E-state index in [4.69, 9.17) is 15.8 Å². The average Bonchev–Trinajstić information content (AvgIpc) is 2.17. The van der Waals surface area contributed by atoms with Crippen LogP contribution in [0.2, 0.25) is 0 Å². The van der Waals surface area contributed by atoms with Crippen molar-refractivity contribution in [1.29, 1.82) is 0 Å². The predicted octanol–water partition coefficient (Wildman–Crippen LogP) is 2.07. The van der Waals surface area contributed by atoms with Crippen LogP contribution in [0.5, 0.6) is 5.75 Å². The molecule has 0 radical (unpaired) electrons. The van der Waals surface area contributed by atoms with Gasteiger partial charge >= 0.3 is 0 Å². The van der Waals surface area contributed by atoms with Gasteiger partial charge in [0.25, 0.3) is 0 Å². The number of rotatable bonds is 5. The molecule has 0 aliphatic heterocycles. The molecule has 0 heterocycles. The van der Waals surface area contributed by atoms with Gasteiger partial charge in [-0.25, -0.2) is 0 Å². The highest BCUT2D eigenvalue weighted by atomic mass is 35.6. The van der Waals surface area contributed by atoms with Gasteiger partial charge in [0.1, 0.15) is 5.75 Å². The molecule has 0 amide bonds. The number of allylic oxidation sites excluding steroid dienone is 1. The number of para-hydroxylation sites is 1. The summed E-state index contributed by atoms with van der Waals surface area (Å²) in [5, 5.41) is 0. The van der Waals surface area contributed by atoms with Gasteiger partial charge in [0.05, 0.1) is 6.23 Å². The zero-order valence-electron chi connectivity index (χ0n) is 7.50. The Bertz CT molecular complexity index is 275. The largest absolute Gasteiger partial charge is 0.496 e. The van der Waals surface area contributed by atoms with Gasteiger partial charge < -0.3 is 4.74 Å². The maximum atomic E-state index is 5.67. The van der Waals surface area contributed by atoms with Gasteiger partial charge in [-0.1, -0.05) is 24.3 Å². The molecule has 70 valence electrons. The van der Waals surface area contributed by atoms with E-state index in [1.165, 1.54) is 5.56 Å².